The molecule has 0 aliphatic heterocycles. The highest BCUT2D eigenvalue weighted by Gasteiger charge is 2.31. The van der Waals surface area contributed by atoms with Gasteiger partial charge < -0.3 is 14.9 Å². The van der Waals surface area contributed by atoms with E-state index in [0.717, 1.165) is 15.6 Å². The lowest BCUT2D eigenvalue weighted by Crippen LogP contribution is -2.15. The van der Waals surface area contributed by atoms with Crippen LogP contribution in [0.5, 0.6) is 5.75 Å². The molecule has 0 fully saturated rings. The Kier molecular flexibility index (Phi) is 5.10. The number of ether oxygens (including phenoxy) is 1. The highest BCUT2D eigenvalue weighted by Crippen LogP contribution is 2.35. The van der Waals surface area contributed by atoms with E-state index in [-0.39, 0.29) is 33.7 Å². The zero-order chi connectivity index (χ0) is 21.5. The second-order valence-corrected chi connectivity index (χ2v) is 8.19. The van der Waals surface area contributed by atoms with E-state index in [2.05, 4.69) is 0 Å². The second kappa shape index (κ2) is 7.25. The van der Waals surface area contributed by atoms with Gasteiger partial charge in [0.15, 0.2) is 0 Å². The zero-order valence-corrected chi connectivity index (χ0v) is 16.7. The number of nitrogens with zero attached hydrogens (tertiary/aromatic N) is 1. The summed E-state index contributed by atoms with van der Waals surface area (Å²) in [6.45, 7) is 4.73. The predicted molar refractivity (Wildman–Crippen MR) is 103 cm³/mol. The first-order valence-corrected chi connectivity index (χ1v) is 10.1. The number of aryl methyl sites for hydroxylation is 1. The average molecular weight is 416 g/mol. The van der Waals surface area contributed by atoms with Crippen molar-refractivity contribution in [1.29, 1.82) is 0 Å². The molecule has 1 heterocycles. The van der Waals surface area contributed by atoms with E-state index in [9.17, 15) is 28.2 Å². The lowest BCUT2D eigenvalue weighted by molar-refractivity contribution is -0.268. The lowest BCUT2D eigenvalue weighted by atomic mass is 10.0. The van der Waals surface area contributed by atoms with Crippen LogP contribution in [0.25, 0.3) is 10.9 Å². The molecule has 0 atom stereocenters. The number of carboxylic acids is 1. The van der Waals surface area contributed by atoms with Crippen molar-refractivity contribution in [3.8, 4) is 5.75 Å². The summed E-state index contributed by atoms with van der Waals surface area (Å²) < 4.78 is 32.5. The molecule has 0 aliphatic rings. The van der Waals surface area contributed by atoms with Crippen LogP contribution >= 0.6 is 0 Å². The number of benzene rings is 2. The van der Waals surface area contributed by atoms with E-state index >= 15 is 0 Å². The molecule has 1 aromatic heterocycles. The summed E-state index contributed by atoms with van der Waals surface area (Å²) in [6, 6.07) is 8.25. The van der Waals surface area contributed by atoms with Gasteiger partial charge >= 0.3 is 11.9 Å². The van der Waals surface area contributed by atoms with Crippen molar-refractivity contribution in [3.05, 3.63) is 58.8 Å². The number of hydrogen-bond donors (Lipinski definition) is 1. The van der Waals surface area contributed by atoms with Crippen molar-refractivity contribution >= 4 is 32.9 Å². The van der Waals surface area contributed by atoms with E-state index in [1.54, 1.807) is 26.0 Å². The molecule has 0 saturated heterocycles. The van der Waals surface area contributed by atoms with Crippen LogP contribution in [0.4, 0.5) is 0 Å². The quantitative estimate of drug-likeness (QED) is 0.633. The molecule has 0 amide bonds. The highest BCUT2D eigenvalue weighted by molar-refractivity contribution is 7.90. The molecule has 152 valence electrons. The van der Waals surface area contributed by atoms with Crippen molar-refractivity contribution in [2.24, 2.45) is 0 Å². The maximum atomic E-state index is 13.3. The van der Waals surface area contributed by atoms with Crippen molar-refractivity contribution in [3.63, 3.8) is 0 Å². The third kappa shape index (κ3) is 3.23. The molecule has 2 aromatic carbocycles. The highest BCUT2D eigenvalue weighted by atomic mass is 32.2. The first-order chi connectivity index (χ1) is 13.6. The topological polar surface area (TPSA) is 126 Å². The van der Waals surface area contributed by atoms with Crippen LogP contribution in [-0.4, -0.2) is 36.0 Å². The van der Waals surface area contributed by atoms with E-state index in [0.29, 0.717) is 0 Å². The van der Waals surface area contributed by atoms with Crippen molar-refractivity contribution < 1.29 is 33.0 Å². The van der Waals surface area contributed by atoms with Crippen LogP contribution in [0.15, 0.2) is 41.3 Å². The molecule has 9 heteroatoms. The van der Waals surface area contributed by atoms with Crippen LogP contribution in [0.2, 0.25) is 0 Å². The zero-order valence-electron chi connectivity index (χ0n) is 15.9. The Balaban J connectivity index is 2.47. The number of hydrogen-bond acceptors (Lipinski definition) is 6. The van der Waals surface area contributed by atoms with Crippen LogP contribution in [0.3, 0.4) is 0 Å². The summed E-state index contributed by atoms with van der Waals surface area (Å²) in [7, 11) is -4.18. The molecule has 0 bridgehead atoms. The predicted octanol–water partition coefficient (Wildman–Crippen LogP) is 2.44. The van der Waals surface area contributed by atoms with Gasteiger partial charge in [0, 0.05) is 11.1 Å². The maximum absolute atomic E-state index is 13.3. The largest absolute Gasteiger partial charge is 0.872 e. The van der Waals surface area contributed by atoms with E-state index in [1.165, 1.54) is 25.1 Å². The first kappa shape index (κ1) is 20.4. The van der Waals surface area contributed by atoms with Gasteiger partial charge in [-0.15, -0.1) is 0 Å². The minimum absolute atomic E-state index is 0.00483. The van der Waals surface area contributed by atoms with E-state index < -0.39 is 33.3 Å². The number of aromatic nitrogens is 1. The third-order valence-electron chi connectivity index (χ3n) is 4.53. The molecule has 1 N–H and O–H groups in total. The molecule has 29 heavy (non-hydrogen) atoms. The van der Waals surface area contributed by atoms with Gasteiger partial charge in [-0.2, -0.15) is 0 Å². The van der Waals surface area contributed by atoms with Gasteiger partial charge in [0.1, 0.15) is 0 Å². The van der Waals surface area contributed by atoms with Gasteiger partial charge in [-0.05, 0) is 39.0 Å². The number of fused-ring (bicyclic) bond motifs is 1. The number of rotatable bonds is 5. The number of carbonyl (C=O) groups excluding carboxylic acids is 1. The molecule has 3 rings (SSSR count). The SMILES string of the molecule is CCOC(=O)c1c(C)n(S(=O)(=O)c2ccc(C)cc2)c2ccc([O-])c(C(=O)O)c12. The number of esters is 1. The Hall–Kier alpha value is -3.33. The van der Waals surface area contributed by atoms with Gasteiger partial charge in [-0.1, -0.05) is 29.5 Å². The fourth-order valence-electron chi connectivity index (χ4n) is 3.25. The fraction of sp³-hybridized carbons (Fsp3) is 0.200. The minimum Gasteiger partial charge on any atom is -0.872 e. The molecule has 0 radical (unpaired) electrons. The molecule has 0 unspecified atom stereocenters. The normalized spacial score (nSPS) is 11.6. The molecule has 3 aromatic rings. The van der Waals surface area contributed by atoms with Gasteiger partial charge in [0.25, 0.3) is 10.0 Å². The second-order valence-electron chi connectivity index (χ2n) is 6.40. The molecule has 0 saturated carbocycles. The van der Waals surface area contributed by atoms with E-state index in [4.69, 9.17) is 4.74 Å². The summed E-state index contributed by atoms with van der Waals surface area (Å²) in [5.41, 5.74) is -0.191. The molecule has 8 nitrogen and oxygen atoms in total. The summed E-state index contributed by atoms with van der Waals surface area (Å²) in [5.74, 6) is -3.29. The minimum atomic E-state index is -4.18. The van der Waals surface area contributed by atoms with Crippen LogP contribution in [-0.2, 0) is 14.8 Å². The maximum Gasteiger partial charge on any atom is 0.340 e. The Morgan fingerprint density at radius 1 is 1.07 bits per heavy atom. The van der Waals surface area contributed by atoms with Crippen LogP contribution in [0.1, 0.15) is 38.9 Å². The van der Waals surface area contributed by atoms with Gasteiger partial charge in [0.2, 0.25) is 0 Å². The average Bonchev–Trinajstić information content (AvgIpc) is 2.94. The molecular weight excluding hydrogens is 398 g/mol. The Labute approximate surface area is 167 Å². The first-order valence-electron chi connectivity index (χ1n) is 8.69. The van der Waals surface area contributed by atoms with Crippen molar-refractivity contribution in [2.45, 2.75) is 25.7 Å². The van der Waals surface area contributed by atoms with E-state index in [1.807, 2.05) is 0 Å². The Bertz CT molecular complexity index is 1240. The van der Waals surface area contributed by atoms with Gasteiger partial charge in [0.05, 0.1) is 28.1 Å². The smallest absolute Gasteiger partial charge is 0.340 e. The van der Waals surface area contributed by atoms with Crippen molar-refractivity contribution in [1.82, 2.24) is 3.97 Å². The third-order valence-corrected chi connectivity index (χ3v) is 6.35. The van der Waals surface area contributed by atoms with Crippen LogP contribution in [0, 0.1) is 13.8 Å². The number of aromatic carboxylic acids is 1. The van der Waals surface area contributed by atoms with Gasteiger partial charge in [-0.25, -0.2) is 22.0 Å². The number of carboxylic acid groups (broad SMARTS) is 1. The Morgan fingerprint density at radius 3 is 2.24 bits per heavy atom. The standard InChI is InChI=1S/C20H19NO7S/c1-4-28-20(25)16-12(3)21(29(26,27)13-7-5-11(2)6-8-13)14-9-10-15(22)18(17(14)16)19(23)24/h5-10,22H,4H2,1-3H3,(H,23,24)/p-1. The summed E-state index contributed by atoms with van der Waals surface area (Å²) >= 11 is 0. The molecular formula is C20H18NO7S-. The summed E-state index contributed by atoms with van der Waals surface area (Å²) in [6.07, 6.45) is 0. The Morgan fingerprint density at radius 2 is 1.69 bits per heavy atom. The van der Waals surface area contributed by atoms with Crippen molar-refractivity contribution in [2.75, 3.05) is 6.61 Å². The number of carbonyl (C=O) groups is 2. The lowest BCUT2D eigenvalue weighted by Gasteiger charge is -2.13. The molecule has 0 spiro atoms. The monoisotopic (exact) mass is 416 g/mol. The summed E-state index contributed by atoms with van der Waals surface area (Å²) in [4.78, 5) is 24.3. The van der Waals surface area contributed by atoms with Gasteiger partial charge in [-0.3, -0.25) is 0 Å². The summed E-state index contributed by atoms with van der Waals surface area (Å²) in [5, 5.41) is 21.5. The fourth-order valence-corrected chi connectivity index (χ4v) is 4.80. The van der Waals surface area contributed by atoms with Crippen LogP contribution < -0.4 is 5.11 Å². The molecule has 0 aliphatic carbocycles.